The molecule has 1 unspecified atom stereocenters. The predicted octanol–water partition coefficient (Wildman–Crippen LogP) is 4.55. The average molecular weight is 441 g/mol. The standard InChI is InChI=1S/C25H36BNO5/c1-22(2,3)30-21(28)27-16-9-13-25(15-17-27)14-12-18-19(10-8-11-20(18)29-25)26-31-23(4,5)24(6,7)32-26/h8,10-12,14H,9,13,15-17H2,1-7H3. The second-order valence-corrected chi connectivity index (χ2v) is 11.2. The van der Waals surface area contributed by atoms with E-state index in [2.05, 4.69) is 39.8 Å². The summed E-state index contributed by atoms with van der Waals surface area (Å²) in [5.74, 6) is 0.838. The Morgan fingerprint density at radius 2 is 1.75 bits per heavy atom. The van der Waals surface area contributed by atoms with Crippen LogP contribution in [0.4, 0.5) is 4.79 Å². The summed E-state index contributed by atoms with van der Waals surface area (Å²) in [5.41, 5.74) is 0.283. The van der Waals surface area contributed by atoms with Crippen LogP contribution in [0.1, 0.15) is 73.3 Å². The van der Waals surface area contributed by atoms with E-state index in [9.17, 15) is 4.79 Å². The molecule has 3 aliphatic rings. The van der Waals surface area contributed by atoms with Crippen molar-refractivity contribution >= 4 is 24.8 Å². The summed E-state index contributed by atoms with van der Waals surface area (Å²) in [6.45, 7) is 15.2. The first-order valence-corrected chi connectivity index (χ1v) is 11.7. The fourth-order valence-electron chi connectivity index (χ4n) is 4.40. The SMILES string of the molecule is CC(C)(C)OC(=O)N1CCCC2(C=Cc3c(cccc3B3OC(C)(C)C(C)(C)O3)O2)CC1. The third-order valence-electron chi connectivity index (χ3n) is 6.96. The van der Waals surface area contributed by atoms with E-state index in [1.54, 1.807) is 4.90 Å². The minimum atomic E-state index is -0.495. The molecular weight excluding hydrogens is 405 g/mol. The van der Waals surface area contributed by atoms with Crippen molar-refractivity contribution in [2.45, 2.75) is 90.1 Å². The van der Waals surface area contributed by atoms with Crippen LogP contribution in [0.15, 0.2) is 24.3 Å². The van der Waals surface area contributed by atoms with E-state index < -0.39 is 29.5 Å². The number of carbonyl (C=O) groups excluding carboxylic acids is 1. The summed E-state index contributed by atoms with van der Waals surface area (Å²) in [6.07, 6.45) is 6.48. The number of hydrogen-bond acceptors (Lipinski definition) is 5. The molecule has 0 radical (unpaired) electrons. The number of rotatable bonds is 1. The normalized spacial score (nSPS) is 26.5. The largest absolute Gasteiger partial charge is 0.495 e. The summed E-state index contributed by atoms with van der Waals surface area (Å²) in [4.78, 5) is 14.3. The molecule has 3 aliphatic heterocycles. The molecule has 32 heavy (non-hydrogen) atoms. The molecule has 6 nitrogen and oxygen atoms in total. The summed E-state index contributed by atoms with van der Waals surface area (Å²) in [7, 11) is -0.436. The quantitative estimate of drug-likeness (QED) is 0.599. The highest BCUT2D eigenvalue weighted by atomic mass is 16.7. The van der Waals surface area contributed by atoms with Gasteiger partial charge in [0.25, 0.3) is 0 Å². The zero-order chi connectivity index (χ0) is 23.4. The molecule has 1 spiro atoms. The maximum absolute atomic E-state index is 12.5. The first kappa shape index (κ1) is 23.2. The molecule has 1 aromatic rings. The van der Waals surface area contributed by atoms with Gasteiger partial charge in [-0.2, -0.15) is 0 Å². The maximum atomic E-state index is 12.5. The summed E-state index contributed by atoms with van der Waals surface area (Å²) >= 11 is 0. The van der Waals surface area contributed by atoms with Crippen molar-refractivity contribution < 1.29 is 23.6 Å². The molecule has 1 aromatic carbocycles. The van der Waals surface area contributed by atoms with E-state index in [0.717, 1.165) is 36.0 Å². The third kappa shape index (κ3) is 4.42. The summed E-state index contributed by atoms with van der Waals surface area (Å²) in [6, 6.07) is 6.05. The molecule has 0 saturated carbocycles. The van der Waals surface area contributed by atoms with Crippen LogP contribution in [0.3, 0.4) is 0 Å². The Hall–Kier alpha value is -1.99. The molecule has 7 heteroatoms. The van der Waals surface area contributed by atoms with Crippen LogP contribution < -0.4 is 10.2 Å². The molecule has 1 atom stereocenters. The Labute approximate surface area is 192 Å². The fraction of sp³-hybridized carbons (Fsp3) is 0.640. The number of benzene rings is 1. The zero-order valence-electron chi connectivity index (χ0n) is 20.5. The lowest BCUT2D eigenvalue weighted by Gasteiger charge is -2.35. The molecule has 1 amide bonds. The van der Waals surface area contributed by atoms with Gasteiger partial charge in [-0.25, -0.2) is 4.79 Å². The van der Waals surface area contributed by atoms with Crippen molar-refractivity contribution in [3.63, 3.8) is 0 Å². The minimum Gasteiger partial charge on any atom is -0.483 e. The van der Waals surface area contributed by atoms with E-state index in [4.69, 9.17) is 18.8 Å². The van der Waals surface area contributed by atoms with E-state index in [-0.39, 0.29) is 6.09 Å². The number of hydrogen-bond donors (Lipinski definition) is 0. The highest BCUT2D eigenvalue weighted by Crippen LogP contribution is 2.40. The molecule has 4 rings (SSSR count). The van der Waals surface area contributed by atoms with Crippen LogP contribution in [0.2, 0.25) is 0 Å². The molecule has 0 bridgehead atoms. The van der Waals surface area contributed by atoms with E-state index in [0.29, 0.717) is 13.1 Å². The summed E-state index contributed by atoms with van der Waals surface area (Å²) in [5, 5.41) is 0. The molecule has 3 heterocycles. The molecule has 174 valence electrons. The Kier molecular flexibility index (Phi) is 5.65. The lowest BCUT2D eigenvalue weighted by atomic mass is 9.74. The van der Waals surface area contributed by atoms with Crippen molar-refractivity contribution in [3.8, 4) is 5.75 Å². The van der Waals surface area contributed by atoms with Crippen molar-refractivity contribution in [2.75, 3.05) is 13.1 Å². The maximum Gasteiger partial charge on any atom is 0.495 e. The lowest BCUT2D eigenvalue weighted by molar-refractivity contribution is 0.00578. The predicted molar refractivity (Wildman–Crippen MR) is 126 cm³/mol. The van der Waals surface area contributed by atoms with Crippen LogP contribution in [-0.2, 0) is 14.0 Å². The Balaban J connectivity index is 1.52. The minimum absolute atomic E-state index is 0.252. The number of likely N-dealkylation sites (tertiary alicyclic amines) is 1. The van der Waals surface area contributed by atoms with Crippen LogP contribution >= 0.6 is 0 Å². The van der Waals surface area contributed by atoms with Gasteiger partial charge in [-0.15, -0.1) is 0 Å². The van der Waals surface area contributed by atoms with Crippen molar-refractivity contribution in [1.82, 2.24) is 4.90 Å². The van der Waals surface area contributed by atoms with Crippen molar-refractivity contribution in [1.29, 1.82) is 0 Å². The highest BCUT2D eigenvalue weighted by molar-refractivity contribution is 6.63. The van der Waals surface area contributed by atoms with Gasteiger partial charge in [0.15, 0.2) is 0 Å². The molecular formula is C25H36BNO5. The number of nitrogens with zero attached hydrogens (tertiary/aromatic N) is 1. The zero-order valence-corrected chi connectivity index (χ0v) is 20.5. The van der Waals surface area contributed by atoms with Crippen LogP contribution in [0.25, 0.3) is 6.08 Å². The van der Waals surface area contributed by atoms with Gasteiger partial charge in [0.2, 0.25) is 0 Å². The van der Waals surface area contributed by atoms with Crippen LogP contribution in [-0.4, -0.2) is 53.6 Å². The first-order chi connectivity index (χ1) is 14.8. The van der Waals surface area contributed by atoms with Gasteiger partial charge in [-0.3, -0.25) is 0 Å². The number of amides is 1. The van der Waals surface area contributed by atoms with Crippen LogP contribution in [0.5, 0.6) is 5.75 Å². The Bertz CT molecular complexity index is 903. The third-order valence-corrected chi connectivity index (χ3v) is 6.96. The summed E-state index contributed by atoms with van der Waals surface area (Å²) < 4.78 is 24.7. The van der Waals surface area contributed by atoms with Gasteiger partial charge in [0, 0.05) is 25.1 Å². The molecule has 0 N–H and O–H groups in total. The van der Waals surface area contributed by atoms with E-state index in [1.165, 1.54) is 0 Å². The molecule has 2 saturated heterocycles. The van der Waals surface area contributed by atoms with Gasteiger partial charge < -0.3 is 23.7 Å². The Morgan fingerprint density at radius 3 is 2.41 bits per heavy atom. The fourth-order valence-corrected chi connectivity index (χ4v) is 4.40. The van der Waals surface area contributed by atoms with E-state index >= 15 is 0 Å². The monoisotopic (exact) mass is 441 g/mol. The second kappa shape index (κ2) is 7.81. The van der Waals surface area contributed by atoms with Gasteiger partial charge in [-0.1, -0.05) is 18.2 Å². The molecule has 0 aliphatic carbocycles. The smallest absolute Gasteiger partial charge is 0.483 e. The van der Waals surface area contributed by atoms with Gasteiger partial charge >= 0.3 is 13.2 Å². The van der Waals surface area contributed by atoms with Crippen molar-refractivity contribution in [2.24, 2.45) is 0 Å². The average Bonchev–Trinajstić information content (AvgIpc) is 2.80. The topological polar surface area (TPSA) is 57.2 Å². The van der Waals surface area contributed by atoms with Gasteiger partial charge in [0.1, 0.15) is 17.0 Å². The molecule has 0 aromatic heterocycles. The van der Waals surface area contributed by atoms with Gasteiger partial charge in [0.05, 0.1) is 11.2 Å². The lowest BCUT2D eigenvalue weighted by Crippen LogP contribution is -2.41. The molecule has 2 fully saturated rings. The Morgan fingerprint density at radius 1 is 1.06 bits per heavy atom. The van der Waals surface area contributed by atoms with Crippen LogP contribution in [0, 0.1) is 0 Å². The van der Waals surface area contributed by atoms with E-state index in [1.807, 2.05) is 39.0 Å². The number of fused-ring (bicyclic) bond motifs is 1. The highest BCUT2D eigenvalue weighted by Gasteiger charge is 2.52. The van der Waals surface area contributed by atoms with Crippen molar-refractivity contribution in [3.05, 3.63) is 29.8 Å². The van der Waals surface area contributed by atoms with Gasteiger partial charge in [-0.05, 0) is 78.9 Å². The number of carbonyl (C=O) groups is 1. The number of ether oxygens (including phenoxy) is 2. The first-order valence-electron chi connectivity index (χ1n) is 11.7. The second-order valence-electron chi connectivity index (χ2n) is 11.2.